The van der Waals surface area contributed by atoms with Crippen LogP contribution in [0.3, 0.4) is 0 Å². The molecular formula is C30H37N3O4S. The van der Waals surface area contributed by atoms with Crippen LogP contribution in [0, 0.1) is 13.8 Å². The predicted octanol–water partition coefficient (Wildman–Crippen LogP) is 4.83. The fraction of sp³-hybridized carbons (Fsp3) is 0.333. The molecule has 0 saturated heterocycles. The molecule has 0 aliphatic rings. The van der Waals surface area contributed by atoms with Gasteiger partial charge in [-0.05, 0) is 68.1 Å². The van der Waals surface area contributed by atoms with Gasteiger partial charge in [0.05, 0.1) is 10.6 Å². The maximum Gasteiger partial charge on any atom is 0.264 e. The molecule has 0 unspecified atom stereocenters. The van der Waals surface area contributed by atoms with Crippen molar-refractivity contribution in [2.24, 2.45) is 0 Å². The molecule has 0 spiro atoms. The summed E-state index contributed by atoms with van der Waals surface area (Å²) in [5, 5.41) is 2.90. The quantitative estimate of drug-likeness (QED) is 0.337. The molecule has 1 atom stereocenters. The summed E-state index contributed by atoms with van der Waals surface area (Å²) >= 11 is 0. The van der Waals surface area contributed by atoms with Crippen LogP contribution in [0.4, 0.5) is 5.69 Å². The van der Waals surface area contributed by atoms with Gasteiger partial charge in [-0.1, -0.05) is 67.9 Å². The van der Waals surface area contributed by atoms with E-state index in [1.807, 2.05) is 57.2 Å². The van der Waals surface area contributed by atoms with Crippen LogP contribution in [-0.4, -0.2) is 44.3 Å². The first kappa shape index (κ1) is 28.9. The average molecular weight is 536 g/mol. The minimum absolute atomic E-state index is 0.0897. The van der Waals surface area contributed by atoms with E-state index in [0.29, 0.717) is 12.2 Å². The molecule has 0 heterocycles. The third kappa shape index (κ3) is 7.44. The monoisotopic (exact) mass is 535 g/mol. The van der Waals surface area contributed by atoms with E-state index in [4.69, 9.17) is 0 Å². The molecule has 0 aromatic heterocycles. The van der Waals surface area contributed by atoms with E-state index in [-0.39, 0.29) is 17.3 Å². The summed E-state index contributed by atoms with van der Waals surface area (Å²) in [6, 6.07) is 22.1. The van der Waals surface area contributed by atoms with Crippen molar-refractivity contribution >= 4 is 27.5 Å². The largest absolute Gasteiger partial charge is 0.354 e. The number of nitrogens with one attached hydrogen (secondary N) is 1. The van der Waals surface area contributed by atoms with E-state index >= 15 is 0 Å². The fourth-order valence-electron chi connectivity index (χ4n) is 4.24. The van der Waals surface area contributed by atoms with Crippen molar-refractivity contribution in [3.05, 3.63) is 95.6 Å². The highest BCUT2D eigenvalue weighted by atomic mass is 32.2. The fourth-order valence-corrected chi connectivity index (χ4v) is 5.66. The summed E-state index contributed by atoms with van der Waals surface area (Å²) < 4.78 is 28.8. The molecule has 0 aliphatic heterocycles. The van der Waals surface area contributed by atoms with Crippen LogP contribution < -0.4 is 9.62 Å². The Morgan fingerprint density at radius 1 is 0.895 bits per heavy atom. The molecule has 0 aliphatic carbocycles. The van der Waals surface area contributed by atoms with Gasteiger partial charge < -0.3 is 10.2 Å². The zero-order valence-electron chi connectivity index (χ0n) is 22.6. The van der Waals surface area contributed by atoms with Gasteiger partial charge in [-0.3, -0.25) is 13.9 Å². The highest BCUT2D eigenvalue weighted by molar-refractivity contribution is 7.92. The Kier molecular flexibility index (Phi) is 10.1. The molecule has 0 bridgehead atoms. The predicted molar refractivity (Wildman–Crippen MR) is 151 cm³/mol. The molecule has 1 N–H and O–H groups in total. The standard InChI is InChI=1S/C30H37N3O4S/c1-5-6-17-31-30(35)25(4)32(21-26-13-9-7-10-14-26)29(34)22-33(27-19-23(2)18-24(3)20-27)38(36,37)28-15-11-8-12-16-28/h7-16,18-20,25H,5-6,17,21-22H2,1-4H3,(H,31,35)/t25-/m1/s1. The number of rotatable bonds is 12. The van der Waals surface area contributed by atoms with Gasteiger partial charge in [0.15, 0.2) is 0 Å². The third-order valence-corrected chi connectivity index (χ3v) is 8.09. The zero-order chi connectivity index (χ0) is 27.7. The summed E-state index contributed by atoms with van der Waals surface area (Å²) in [6.45, 7) is 7.73. The number of hydrogen-bond acceptors (Lipinski definition) is 4. The number of hydrogen-bond donors (Lipinski definition) is 1. The van der Waals surface area contributed by atoms with Crippen LogP contribution in [0.1, 0.15) is 43.4 Å². The number of anilines is 1. The molecular weight excluding hydrogens is 498 g/mol. The lowest BCUT2D eigenvalue weighted by Gasteiger charge is -2.32. The molecule has 2 amide bonds. The lowest BCUT2D eigenvalue weighted by Crippen LogP contribution is -2.51. The summed E-state index contributed by atoms with van der Waals surface area (Å²) in [5.41, 5.74) is 3.01. The highest BCUT2D eigenvalue weighted by Crippen LogP contribution is 2.26. The lowest BCUT2D eigenvalue weighted by molar-refractivity contribution is -0.139. The first-order chi connectivity index (χ1) is 18.1. The Bertz CT molecular complexity index is 1310. The number of unbranched alkanes of at least 4 members (excludes halogenated alkanes) is 1. The topological polar surface area (TPSA) is 86.8 Å². The Balaban J connectivity index is 2.00. The van der Waals surface area contributed by atoms with Crippen molar-refractivity contribution in [3.8, 4) is 0 Å². The van der Waals surface area contributed by atoms with Crippen molar-refractivity contribution < 1.29 is 18.0 Å². The van der Waals surface area contributed by atoms with Crippen LogP contribution in [0.2, 0.25) is 0 Å². The van der Waals surface area contributed by atoms with Gasteiger partial charge in [-0.15, -0.1) is 0 Å². The van der Waals surface area contributed by atoms with Gasteiger partial charge in [0.2, 0.25) is 11.8 Å². The van der Waals surface area contributed by atoms with E-state index in [0.717, 1.165) is 33.8 Å². The van der Waals surface area contributed by atoms with Crippen molar-refractivity contribution in [3.63, 3.8) is 0 Å². The number of carbonyl (C=O) groups is 2. The molecule has 3 aromatic carbocycles. The number of aryl methyl sites for hydroxylation is 2. The Morgan fingerprint density at radius 3 is 2.05 bits per heavy atom. The summed E-state index contributed by atoms with van der Waals surface area (Å²) in [5.74, 6) is -0.739. The highest BCUT2D eigenvalue weighted by Gasteiger charge is 2.32. The van der Waals surface area contributed by atoms with Crippen LogP contribution >= 0.6 is 0 Å². The SMILES string of the molecule is CCCCNC(=O)[C@@H](C)N(Cc1ccccc1)C(=O)CN(c1cc(C)cc(C)c1)S(=O)(=O)c1ccccc1. The van der Waals surface area contributed by atoms with Crippen LogP contribution in [-0.2, 0) is 26.2 Å². The maximum absolute atomic E-state index is 13.9. The Labute approximate surface area is 226 Å². The zero-order valence-corrected chi connectivity index (χ0v) is 23.4. The molecule has 0 radical (unpaired) electrons. The second-order valence-electron chi connectivity index (χ2n) is 9.50. The number of benzene rings is 3. The van der Waals surface area contributed by atoms with Gasteiger partial charge in [-0.25, -0.2) is 8.42 Å². The molecule has 0 fully saturated rings. The number of sulfonamides is 1. The summed E-state index contributed by atoms with van der Waals surface area (Å²) in [4.78, 5) is 28.4. The normalized spacial score (nSPS) is 12.0. The van der Waals surface area contributed by atoms with Crippen molar-refractivity contribution in [2.45, 2.75) is 58.0 Å². The van der Waals surface area contributed by atoms with Crippen molar-refractivity contribution in [2.75, 3.05) is 17.4 Å². The van der Waals surface area contributed by atoms with Gasteiger partial charge in [-0.2, -0.15) is 0 Å². The average Bonchev–Trinajstić information content (AvgIpc) is 2.90. The Morgan fingerprint density at radius 2 is 1.47 bits per heavy atom. The van der Waals surface area contributed by atoms with E-state index < -0.39 is 28.5 Å². The number of nitrogens with zero attached hydrogens (tertiary/aromatic N) is 2. The second kappa shape index (κ2) is 13.2. The second-order valence-corrected chi connectivity index (χ2v) is 11.4. The van der Waals surface area contributed by atoms with E-state index in [1.165, 1.54) is 17.0 Å². The molecule has 3 rings (SSSR count). The maximum atomic E-state index is 13.9. The minimum Gasteiger partial charge on any atom is -0.354 e. The Hall–Kier alpha value is -3.65. The molecule has 38 heavy (non-hydrogen) atoms. The number of amides is 2. The van der Waals surface area contributed by atoms with E-state index in [1.54, 1.807) is 37.3 Å². The minimum atomic E-state index is -4.07. The van der Waals surface area contributed by atoms with E-state index in [2.05, 4.69) is 5.32 Å². The first-order valence-electron chi connectivity index (χ1n) is 12.9. The number of carbonyl (C=O) groups excluding carboxylic acids is 2. The molecule has 202 valence electrons. The first-order valence-corrected chi connectivity index (χ1v) is 14.3. The smallest absolute Gasteiger partial charge is 0.264 e. The summed E-state index contributed by atoms with van der Waals surface area (Å²) in [7, 11) is -4.07. The van der Waals surface area contributed by atoms with Crippen LogP contribution in [0.25, 0.3) is 0 Å². The molecule has 8 heteroatoms. The van der Waals surface area contributed by atoms with Gasteiger partial charge >= 0.3 is 0 Å². The molecule has 0 saturated carbocycles. The third-order valence-electron chi connectivity index (χ3n) is 6.30. The van der Waals surface area contributed by atoms with E-state index in [9.17, 15) is 18.0 Å². The van der Waals surface area contributed by atoms with Crippen LogP contribution in [0.5, 0.6) is 0 Å². The van der Waals surface area contributed by atoms with Crippen molar-refractivity contribution in [1.29, 1.82) is 0 Å². The van der Waals surface area contributed by atoms with Gasteiger partial charge in [0, 0.05) is 13.1 Å². The van der Waals surface area contributed by atoms with Crippen molar-refractivity contribution in [1.82, 2.24) is 10.2 Å². The van der Waals surface area contributed by atoms with Crippen LogP contribution in [0.15, 0.2) is 83.8 Å². The summed E-state index contributed by atoms with van der Waals surface area (Å²) in [6.07, 6.45) is 1.77. The molecule has 7 nitrogen and oxygen atoms in total. The molecule has 3 aromatic rings. The lowest BCUT2D eigenvalue weighted by atomic mass is 10.1. The van der Waals surface area contributed by atoms with Gasteiger partial charge in [0.1, 0.15) is 12.6 Å². The van der Waals surface area contributed by atoms with Gasteiger partial charge in [0.25, 0.3) is 10.0 Å².